The largest absolute Gasteiger partial charge is 0.351 e. The third kappa shape index (κ3) is 3.39. The first-order valence-corrected chi connectivity index (χ1v) is 5.09. The van der Waals surface area contributed by atoms with E-state index >= 15 is 0 Å². The van der Waals surface area contributed by atoms with Gasteiger partial charge in [0, 0.05) is 18.5 Å². The van der Waals surface area contributed by atoms with Gasteiger partial charge in [0.25, 0.3) is 5.91 Å². The van der Waals surface area contributed by atoms with E-state index in [1.807, 2.05) is 0 Å². The molecule has 84 valence electrons. The highest BCUT2D eigenvalue weighted by Crippen LogP contribution is 2.09. The normalized spacial score (nSPS) is 9.19. The van der Waals surface area contributed by atoms with Crippen LogP contribution < -0.4 is 5.32 Å². The number of benzene rings is 1. The molecule has 0 aliphatic rings. The highest BCUT2D eigenvalue weighted by molar-refractivity contribution is 5.95. The summed E-state index contributed by atoms with van der Waals surface area (Å²) in [5.74, 6) is 4.93. The Bertz CT molecular complexity index is 443. The van der Waals surface area contributed by atoms with E-state index in [0.717, 1.165) is 5.56 Å². The number of aryl methyl sites for hydroxylation is 1. The maximum absolute atomic E-state index is 12.9. The molecule has 1 amide bonds. The number of rotatable bonds is 3. The number of nitrogens with one attached hydrogen (secondary N) is 1. The summed E-state index contributed by atoms with van der Waals surface area (Å²) in [6.45, 7) is 4.01. The van der Waals surface area contributed by atoms with Crippen molar-refractivity contribution < 1.29 is 9.18 Å². The van der Waals surface area contributed by atoms with Gasteiger partial charge in [-0.05, 0) is 31.5 Å². The topological polar surface area (TPSA) is 29.1 Å². The summed E-state index contributed by atoms with van der Waals surface area (Å²) in [5.41, 5.74) is 1.14. The first kappa shape index (κ1) is 12.3. The summed E-state index contributed by atoms with van der Waals surface area (Å²) >= 11 is 0. The maximum Gasteiger partial charge on any atom is 0.251 e. The van der Waals surface area contributed by atoms with Crippen LogP contribution in [0.1, 0.15) is 29.3 Å². The van der Waals surface area contributed by atoms with Gasteiger partial charge in [0.2, 0.25) is 0 Å². The zero-order chi connectivity index (χ0) is 12.0. The fourth-order valence-corrected chi connectivity index (χ4v) is 1.30. The van der Waals surface area contributed by atoms with Crippen molar-refractivity contribution in [2.75, 3.05) is 6.54 Å². The second-order valence-electron chi connectivity index (χ2n) is 3.39. The quantitative estimate of drug-likeness (QED) is 0.613. The SMILES string of the molecule is CC#CCCNC(=O)c1cc(F)ccc1C. The number of carbonyl (C=O) groups is 1. The van der Waals surface area contributed by atoms with Crippen LogP contribution in [0.2, 0.25) is 0 Å². The van der Waals surface area contributed by atoms with Crippen LogP contribution in [-0.4, -0.2) is 12.5 Å². The molecule has 1 aromatic carbocycles. The second-order valence-corrected chi connectivity index (χ2v) is 3.39. The Hall–Kier alpha value is -1.82. The summed E-state index contributed by atoms with van der Waals surface area (Å²) in [7, 11) is 0. The number of carbonyl (C=O) groups excluding carboxylic acids is 1. The standard InChI is InChI=1S/C13H14FNO/c1-3-4-5-8-15-13(16)12-9-11(14)7-6-10(12)2/h6-7,9H,5,8H2,1-2H3,(H,15,16). The van der Waals surface area contributed by atoms with Gasteiger partial charge in [-0.15, -0.1) is 11.8 Å². The van der Waals surface area contributed by atoms with Gasteiger partial charge in [0.05, 0.1) is 0 Å². The first-order valence-electron chi connectivity index (χ1n) is 5.09. The van der Waals surface area contributed by atoms with Crippen molar-refractivity contribution in [1.82, 2.24) is 5.32 Å². The lowest BCUT2D eigenvalue weighted by Crippen LogP contribution is -2.25. The maximum atomic E-state index is 12.9. The van der Waals surface area contributed by atoms with Crippen molar-refractivity contribution >= 4 is 5.91 Å². The second kappa shape index (κ2) is 5.92. The molecule has 3 heteroatoms. The summed E-state index contributed by atoms with van der Waals surface area (Å²) in [6, 6.07) is 4.18. The lowest BCUT2D eigenvalue weighted by Gasteiger charge is -2.06. The lowest BCUT2D eigenvalue weighted by molar-refractivity contribution is 0.0953. The first-order chi connectivity index (χ1) is 7.65. The van der Waals surface area contributed by atoms with E-state index in [-0.39, 0.29) is 5.91 Å². The molecule has 0 unspecified atom stereocenters. The molecule has 1 aromatic rings. The molecule has 0 radical (unpaired) electrons. The third-order valence-corrected chi connectivity index (χ3v) is 2.16. The Kier molecular flexibility index (Phi) is 4.53. The Balaban J connectivity index is 2.64. The third-order valence-electron chi connectivity index (χ3n) is 2.16. The molecule has 0 aliphatic carbocycles. The number of halogens is 1. The van der Waals surface area contributed by atoms with Crippen molar-refractivity contribution in [3.05, 3.63) is 35.1 Å². The van der Waals surface area contributed by atoms with Gasteiger partial charge in [0.1, 0.15) is 5.82 Å². The predicted molar refractivity (Wildman–Crippen MR) is 61.5 cm³/mol. The van der Waals surface area contributed by atoms with Crippen LogP contribution in [0.15, 0.2) is 18.2 Å². The van der Waals surface area contributed by atoms with Crippen LogP contribution >= 0.6 is 0 Å². The van der Waals surface area contributed by atoms with Crippen molar-refractivity contribution in [3.63, 3.8) is 0 Å². The molecule has 0 saturated carbocycles. The van der Waals surface area contributed by atoms with E-state index in [1.54, 1.807) is 19.9 Å². The number of amides is 1. The molecule has 2 nitrogen and oxygen atoms in total. The highest BCUT2D eigenvalue weighted by Gasteiger charge is 2.08. The lowest BCUT2D eigenvalue weighted by atomic mass is 10.1. The average molecular weight is 219 g/mol. The predicted octanol–water partition coefficient (Wildman–Crippen LogP) is 2.28. The van der Waals surface area contributed by atoms with Gasteiger partial charge < -0.3 is 5.32 Å². The molecule has 1 N–H and O–H groups in total. The smallest absolute Gasteiger partial charge is 0.251 e. The summed E-state index contributed by atoms with van der Waals surface area (Å²) in [5, 5.41) is 2.69. The van der Waals surface area contributed by atoms with Crippen LogP contribution in [-0.2, 0) is 0 Å². The minimum Gasteiger partial charge on any atom is -0.351 e. The van der Waals surface area contributed by atoms with E-state index in [2.05, 4.69) is 17.2 Å². The van der Waals surface area contributed by atoms with E-state index in [9.17, 15) is 9.18 Å². The van der Waals surface area contributed by atoms with Crippen molar-refractivity contribution in [3.8, 4) is 11.8 Å². The molecule has 0 aliphatic heterocycles. The molecule has 0 heterocycles. The zero-order valence-electron chi connectivity index (χ0n) is 9.43. The Labute approximate surface area is 94.9 Å². The Morgan fingerprint density at radius 1 is 1.50 bits per heavy atom. The molecule has 0 spiro atoms. The minimum absolute atomic E-state index is 0.255. The van der Waals surface area contributed by atoms with Crippen LogP contribution in [0.25, 0.3) is 0 Å². The molecular formula is C13H14FNO. The van der Waals surface area contributed by atoms with Crippen molar-refractivity contribution in [2.45, 2.75) is 20.3 Å². The van der Waals surface area contributed by atoms with E-state index in [0.29, 0.717) is 18.5 Å². The van der Waals surface area contributed by atoms with Crippen LogP contribution in [0.4, 0.5) is 4.39 Å². The van der Waals surface area contributed by atoms with Crippen LogP contribution in [0.5, 0.6) is 0 Å². The van der Waals surface area contributed by atoms with E-state index in [1.165, 1.54) is 12.1 Å². The molecule has 0 fully saturated rings. The number of hydrogen-bond donors (Lipinski definition) is 1. The van der Waals surface area contributed by atoms with Gasteiger partial charge in [0.15, 0.2) is 0 Å². The molecular weight excluding hydrogens is 205 g/mol. The van der Waals surface area contributed by atoms with E-state index in [4.69, 9.17) is 0 Å². The minimum atomic E-state index is -0.399. The fraction of sp³-hybridized carbons (Fsp3) is 0.308. The van der Waals surface area contributed by atoms with Crippen LogP contribution in [0, 0.1) is 24.6 Å². The summed E-state index contributed by atoms with van der Waals surface area (Å²) in [4.78, 5) is 11.7. The Morgan fingerprint density at radius 2 is 2.25 bits per heavy atom. The molecule has 0 atom stereocenters. The monoisotopic (exact) mass is 219 g/mol. The van der Waals surface area contributed by atoms with Crippen molar-refractivity contribution in [1.29, 1.82) is 0 Å². The highest BCUT2D eigenvalue weighted by atomic mass is 19.1. The van der Waals surface area contributed by atoms with Crippen LogP contribution in [0.3, 0.4) is 0 Å². The van der Waals surface area contributed by atoms with Gasteiger partial charge in [-0.2, -0.15) is 0 Å². The van der Waals surface area contributed by atoms with Gasteiger partial charge in [-0.25, -0.2) is 4.39 Å². The fourth-order valence-electron chi connectivity index (χ4n) is 1.30. The zero-order valence-corrected chi connectivity index (χ0v) is 9.43. The average Bonchev–Trinajstić information content (AvgIpc) is 2.27. The molecule has 0 aromatic heterocycles. The van der Waals surface area contributed by atoms with Gasteiger partial charge in [-0.1, -0.05) is 6.07 Å². The summed E-state index contributed by atoms with van der Waals surface area (Å²) in [6.07, 6.45) is 0.608. The molecule has 16 heavy (non-hydrogen) atoms. The molecule has 0 saturated heterocycles. The van der Waals surface area contributed by atoms with E-state index < -0.39 is 5.82 Å². The molecule has 1 rings (SSSR count). The molecule has 0 bridgehead atoms. The Morgan fingerprint density at radius 3 is 2.94 bits per heavy atom. The summed E-state index contributed by atoms with van der Waals surface area (Å²) < 4.78 is 12.9. The van der Waals surface area contributed by atoms with Gasteiger partial charge in [-0.3, -0.25) is 4.79 Å². The van der Waals surface area contributed by atoms with Gasteiger partial charge >= 0.3 is 0 Å². The number of hydrogen-bond acceptors (Lipinski definition) is 1. The van der Waals surface area contributed by atoms with Crippen molar-refractivity contribution in [2.24, 2.45) is 0 Å².